The van der Waals surface area contributed by atoms with Crippen LogP contribution >= 0.6 is 27.5 Å². The van der Waals surface area contributed by atoms with Gasteiger partial charge < -0.3 is 9.47 Å². The fourth-order valence-electron chi connectivity index (χ4n) is 1.05. The molecule has 92 valence electrons. The predicted octanol–water partition coefficient (Wildman–Crippen LogP) is 3.60. The molecule has 0 aliphatic heterocycles. The third-order valence-corrected chi connectivity index (χ3v) is 2.65. The summed E-state index contributed by atoms with van der Waals surface area (Å²) in [5.74, 6) is 0.0426. The maximum Gasteiger partial charge on any atom is 0.336 e. The van der Waals surface area contributed by atoms with Crippen molar-refractivity contribution in [1.29, 1.82) is 0 Å². The SMILES string of the molecule is C=C(COc1ccc(Br)cc1Cl)C(=O)OCC. The number of benzene rings is 1. The molecule has 0 spiro atoms. The first-order valence-electron chi connectivity index (χ1n) is 4.97. The smallest absolute Gasteiger partial charge is 0.336 e. The Morgan fingerprint density at radius 3 is 2.82 bits per heavy atom. The van der Waals surface area contributed by atoms with Gasteiger partial charge in [0.05, 0.1) is 17.2 Å². The lowest BCUT2D eigenvalue weighted by Gasteiger charge is -2.09. The van der Waals surface area contributed by atoms with Crippen molar-refractivity contribution in [3.05, 3.63) is 39.8 Å². The second kappa shape index (κ2) is 6.67. The van der Waals surface area contributed by atoms with Gasteiger partial charge in [-0.25, -0.2) is 4.79 Å². The molecule has 1 aromatic rings. The molecule has 0 bridgehead atoms. The highest BCUT2D eigenvalue weighted by Crippen LogP contribution is 2.27. The molecule has 0 unspecified atom stereocenters. The highest BCUT2D eigenvalue weighted by Gasteiger charge is 2.09. The minimum Gasteiger partial charge on any atom is -0.487 e. The number of hydrogen-bond donors (Lipinski definition) is 0. The van der Waals surface area contributed by atoms with Gasteiger partial charge >= 0.3 is 5.97 Å². The lowest BCUT2D eigenvalue weighted by Crippen LogP contribution is -2.13. The van der Waals surface area contributed by atoms with Gasteiger partial charge in [-0.05, 0) is 25.1 Å². The van der Waals surface area contributed by atoms with Gasteiger partial charge in [-0.2, -0.15) is 0 Å². The van der Waals surface area contributed by atoms with Crippen molar-refractivity contribution in [2.45, 2.75) is 6.92 Å². The Morgan fingerprint density at radius 2 is 2.24 bits per heavy atom. The molecule has 0 amide bonds. The summed E-state index contributed by atoms with van der Waals surface area (Å²) in [6.07, 6.45) is 0. The molecule has 1 aromatic carbocycles. The van der Waals surface area contributed by atoms with E-state index in [9.17, 15) is 4.79 Å². The second-order valence-corrected chi connectivity index (χ2v) is 4.51. The molecule has 5 heteroatoms. The molecule has 0 saturated carbocycles. The maximum atomic E-state index is 11.3. The van der Waals surface area contributed by atoms with Crippen LogP contribution in [-0.2, 0) is 9.53 Å². The summed E-state index contributed by atoms with van der Waals surface area (Å²) in [7, 11) is 0. The number of esters is 1. The van der Waals surface area contributed by atoms with Gasteiger partial charge in [0, 0.05) is 4.47 Å². The molecule has 17 heavy (non-hydrogen) atoms. The van der Waals surface area contributed by atoms with Gasteiger partial charge in [0.25, 0.3) is 0 Å². The molecule has 3 nitrogen and oxygen atoms in total. The molecule has 0 heterocycles. The van der Waals surface area contributed by atoms with Crippen molar-refractivity contribution < 1.29 is 14.3 Å². The number of ether oxygens (including phenoxy) is 2. The molecular weight excluding hydrogens is 307 g/mol. The van der Waals surface area contributed by atoms with Crippen molar-refractivity contribution in [3.8, 4) is 5.75 Å². The summed E-state index contributed by atoms with van der Waals surface area (Å²) < 4.78 is 11.0. The standard InChI is InChI=1S/C12H12BrClO3/c1-3-16-12(15)8(2)7-17-11-5-4-9(13)6-10(11)14/h4-6H,2-3,7H2,1H3. The van der Waals surface area contributed by atoms with E-state index in [0.717, 1.165) is 4.47 Å². The largest absolute Gasteiger partial charge is 0.487 e. The van der Waals surface area contributed by atoms with Crippen LogP contribution in [0.2, 0.25) is 5.02 Å². The number of carbonyl (C=O) groups is 1. The van der Waals surface area contributed by atoms with Gasteiger partial charge in [0.15, 0.2) is 0 Å². The Hall–Kier alpha value is -1.00. The normalized spacial score (nSPS) is 9.82. The van der Waals surface area contributed by atoms with Crippen LogP contribution in [0.4, 0.5) is 0 Å². The van der Waals surface area contributed by atoms with Gasteiger partial charge in [-0.1, -0.05) is 34.1 Å². The zero-order valence-corrected chi connectivity index (χ0v) is 11.7. The van der Waals surface area contributed by atoms with E-state index in [-0.39, 0.29) is 12.2 Å². The molecule has 1 rings (SSSR count). The van der Waals surface area contributed by atoms with Gasteiger partial charge in [0.1, 0.15) is 12.4 Å². The molecule has 0 N–H and O–H groups in total. The first-order valence-corrected chi connectivity index (χ1v) is 6.14. The van der Waals surface area contributed by atoms with Crippen LogP contribution in [0.3, 0.4) is 0 Å². The number of hydrogen-bond acceptors (Lipinski definition) is 3. The van der Waals surface area contributed by atoms with Gasteiger partial charge in [-0.3, -0.25) is 0 Å². The number of halogens is 2. The summed E-state index contributed by atoms with van der Waals surface area (Å²) in [4.78, 5) is 11.3. The Morgan fingerprint density at radius 1 is 1.53 bits per heavy atom. The molecule has 0 atom stereocenters. The van der Waals surface area contributed by atoms with Gasteiger partial charge in [-0.15, -0.1) is 0 Å². The fraction of sp³-hybridized carbons (Fsp3) is 0.250. The van der Waals surface area contributed by atoms with E-state index < -0.39 is 5.97 Å². The van der Waals surface area contributed by atoms with Gasteiger partial charge in [0.2, 0.25) is 0 Å². The summed E-state index contributed by atoms with van der Waals surface area (Å²) in [6.45, 7) is 5.69. The summed E-state index contributed by atoms with van der Waals surface area (Å²) >= 11 is 9.24. The average molecular weight is 320 g/mol. The third kappa shape index (κ3) is 4.40. The molecule has 0 radical (unpaired) electrons. The highest BCUT2D eigenvalue weighted by molar-refractivity contribution is 9.10. The lowest BCUT2D eigenvalue weighted by molar-refractivity contribution is -0.138. The maximum absolute atomic E-state index is 11.3. The molecule has 0 fully saturated rings. The monoisotopic (exact) mass is 318 g/mol. The first-order chi connectivity index (χ1) is 8.04. The van der Waals surface area contributed by atoms with Crippen molar-refractivity contribution in [3.63, 3.8) is 0 Å². The Labute approximate surface area is 113 Å². The van der Waals surface area contributed by atoms with Crippen molar-refractivity contribution in [2.75, 3.05) is 13.2 Å². The van der Waals surface area contributed by atoms with Crippen LogP contribution in [0.1, 0.15) is 6.92 Å². The third-order valence-electron chi connectivity index (χ3n) is 1.86. The molecular formula is C12H12BrClO3. The highest BCUT2D eigenvalue weighted by atomic mass is 79.9. The Kier molecular flexibility index (Phi) is 5.51. The number of carbonyl (C=O) groups excluding carboxylic acids is 1. The minimum atomic E-state index is -0.458. The van der Waals surface area contributed by atoms with E-state index in [1.54, 1.807) is 25.1 Å². The van der Waals surface area contributed by atoms with Crippen LogP contribution in [0.25, 0.3) is 0 Å². The Bertz CT molecular complexity index is 432. The van der Waals surface area contributed by atoms with E-state index in [2.05, 4.69) is 22.5 Å². The molecule has 0 saturated heterocycles. The minimum absolute atomic E-state index is 0.0557. The van der Waals surface area contributed by atoms with Crippen LogP contribution in [-0.4, -0.2) is 19.2 Å². The van der Waals surface area contributed by atoms with E-state index in [1.807, 2.05) is 0 Å². The van der Waals surface area contributed by atoms with Crippen molar-refractivity contribution >= 4 is 33.5 Å². The predicted molar refractivity (Wildman–Crippen MR) is 70.4 cm³/mol. The molecule has 0 aliphatic carbocycles. The zero-order valence-electron chi connectivity index (χ0n) is 9.33. The summed E-state index contributed by atoms with van der Waals surface area (Å²) in [5.41, 5.74) is 0.255. The topological polar surface area (TPSA) is 35.5 Å². The van der Waals surface area contributed by atoms with Crippen LogP contribution < -0.4 is 4.74 Å². The van der Waals surface area contributed by atoms with Crippen molar-refractivity contribution in [1.82, 2.24) is 0 Å². The van der Waals surface area contributed by atoms with Crippen molar-refractivity contribution in [2.24, 2.45) is 0 Å². The quantitative estimate of drug-likeness (QED) is 0.614. The molecule has 0 aliphatic rings. The molecule has 0 aromatic heterocycles. The fourth-order valence-corrected chi connectivity index (χ4v) is 1.78. The van der Waals surface area contributed by atoms with Crippen LogP contribution in [0.15, 0.2) is 34.8 Å². The van der Waals surface area contributed by atoms with E-state index in [4.69, 9.17) is 21.1 Å². The van der Waals surface area contributed by atoms with E-state index >= 15 is 0 Å². The Balaban J connectivity index is 2.56. The van der Waals surface area contributed by atoms with E-state index in [0.29, 0.717) is 17.4 Å². The average Bonchev–Trinajstić information content (AvgIpc) is 2.27. The van der Waals surface area contributed by atoms with Crippen LogP contribution in [0, 0.1) is 0 Å². The first kappa shape index (κ1) is 14.1. The second-order valence-electron chi connectivity index (χ2n) is 3.19. The number of rotatable bonds is 5. The summed E-state index contributed by atoms with van der Waals surface area (Å²) in [6, 6.07) is 5.23. The summed E-state index contributed by atoms with van der Waals surface area (Å²) in [5, 5.41) is 0.469. The van der Waals surface area contributed by atoms with E-state index in [1.165, 1.54) is 0 Å². The van der Waals surface area contributed by atoms with Crippen LogP contribution in [0.5, 0.6) is 5.75 Å². The lowest BCUT2D eigenvalue weighted by atomic mass is 10.3. The zero-order chi connectivity index (χ0) is 12.8.